The average Bonchev–Trinajstić information content (AvgIpc) is 2.51. The first-order valence-electron chi connectivity index (χ1n) is 8.71. The summed E-state index contributed by atoms with van der Waals surface area (Å²) in [7, 11) is 12.0. The lowest BCUT2D eigenvalue weighted by Gasteiger charge is -2.26. The van der Waals surface area contributed by atoms with E-state index in [2.05, 4.69) is 32.0 Å². The molecule has 0 spiro atoms. The fraction of sp³-hybridized carbons (Fsp3) is 0.450. The van der Waals surface area contributed by atoms with E-state index in [-0.39, 0.29) is 5.38 Å². The van der Waals surface area contributed by atoms with Crippen LogP contribution >= 0.6 is 23.2 Å². The summed E-state index contributed by atoms with van der Waals surface area (Å²) in [5.41, 5.74) is 7.06. The Kier molecular flexibility index (Phi) is 6.68. The Morgan fingerprint density at radius 2 is 1.72 bits per heavy atom. The summed E-state index contributed by atoms with van der Waals surface area (Å²) in [5, 5.41) is -0.0908. The minimum absolute atomic E-state index is 0.0908. The highest BCUT2D eigenvalue weighted by atomic mass is 35.5. The van der Waals surface area contributed by atoms with E-state index in [0.29, 0.717) is 12.0 Å². The first-order valence-corrected chi connectivity index (χ1v) is 9.53. The van der Waals surface area contributed by atoms with E-state index < -0.39 is 4.67 Å². The van der Waals surface area contributed by atoms with Crippen molar-refractivity contribution < 1.29 is 0 Å². The third-order valence-corrected chi connectivity index (χ3v) is 4.75. The molecule has 1 heterocycles. The lowest BCUT2D eigenvalue weighted by atomic mass is 9.63. The number of rotatable bonds is 6. The Labute approximate surface area is 164 Å². The van der Waals surface area contributed by atoms with Gasteiger partial charge in [-0.15, -0.1) is 23.2 Å². The number of halogens is 2. The van der Waals surface area contributed by atoms with Gasteiger partial charge in [0.2, 0.25) is 0 Å². The molecule has 1 unspecified atom stereocenters. The molecule has 0 N–H and O–H groups in total. The molecule has 0 aliphatic carbocycles. The van der Waals surface area contributed by atoms with Crippen molar-refractivity contribution in [2.24, 2.45) is 0 Å². The third-order valence-electron chi connectivity index (χ3n) is 4.40. The molecule has 128 valence electrons. The summed E-state index contributed by atoms with van der Waals surface area (Å²) >= 11 is 12.5. The van der Waals surface area contributed by atoms with Crippen molar-refractivity contribution in [3.8, 4) is 11.3 Å². The molecule has 0 bridgehead atoms. The number of hydrogen-bond acceptors (Lipinski definition) is 1. The molecule has 0 saturated carbocycles. The maximum absolute atomic E-state index is 6.24. The molecule has 0 aliphatic rings. The van der Waals surface area contributed by atoms with Gasteiger partial charge in [-0.25, -0.2) is 0 Å². The fourth-order valence-corrected chi connectivity index (χ4v) is 3.78. The molecule has 0 aliphatic heterocycles. The van der Waals surface area contributed by atoms with E-state index in [4.69, 9.17) is 43.9 Å². The zero-order chi connectivity index (χ0) is 18.8. The molecule has 1 nitrogen and oxygen atoms in total. The van der Waals surface area contributed by atoms with Gasteiger partial charge in [0.1, 0.15) is 0 Å². The predicted octanol–water partition coefficient (Wildman–Crippen LogP) is 5.04. The van der Waals surface area contributed by atoms with E-state index in [1.54, 1.807) is 0 Å². The molecular weight excluding hydrogens is 347 g/mol. The number of nitrogens with zero attached hydrogens (tertiary/aromatic N) is 1. The van der Waals surface area contributed by atoms with Crippen LogP contribution < -0.4 is 0 Å². The second kappa shape index (κ2) is 8.18. The Hall–Kier alpha value is -0.920. The second-order valence-electron chi connectivity index (χ2n) is 6.56. The number of hydrogen-bond donors (Lipinski definition) is 0. The summed E-state index contributed by atoms with van der Waals surface area (Å²) < 4.78 is -1.46. The van der Waals surface area contributed by atoms with Crippen molar-refractivity contribution in [1.29, 1.82) is 0 Å². The van der Waals surface area contributed by atoms with Gasteiger partial charge in [0.15, 0.2) is 0 Å². The van der Waals surface area contributed by atoms with E-state index in [1.165, 1.54) is 16.7 Å². The fourth-order valence-electron chi connectivity index (χ4n) is 3.38. The van der Waals surface area contributed by atoms with Gasteiger partial charge < -0.3 is 0 Å². The molecule has 2 rings (SSSR count). The largest absolute Gasteiger partial charge is 0.252 e. The first kappa shape index (κ1) is 20.4. The average molecular weight is 370 g/mol. The Balaban J connectivity index is 2.75. The summed E-state index contributed by atoms with van der Waals surface area (Å²) in [6, 6.07) is 8.44. The van der Waals surface area contributed by atoms with E-state index in [1.807, 2.05) is 19.9 Å². The zero-order valence-corrected chi connectivity index (χ0v) is 16.9. The van der Waals surface area contributed by atoms with Gasteiger partial charge in [0.05, 0.1) is 21.4 Å². The number of pyridine rings is 1. The molecule has 25 heavy (non-hydrogen) atoms. The lowest BCUT2D eigenvalue weighted by Crippen LogP contribution is -2.24. The van der Waals surface area contributed by atoms with Gasteiger partial charge >= 0.3 is 0 Å². The minimum Gasteiger partial charge on any atom is -0.252 e. The van der Waals surface area contributed by atoms with Crippen LogP contribution in [0.1, 0.15) is 48.7 Å². The highest BCUT2D eigenvalue weighted by molar-refractivity contribution is 6.61. The number of alkyl halides is 2. The van der Waals surface area contributed by atoms with Crippen LogP contribution in [0, 0.1) is 6.92 Å². The number of benzene rings is 1. The molecule has 2 aromatic rings. The van der Waals surface area contributed by atoms with Crippen molar-refractivity contribution in [1.82, 2.24) is 4.98 Å². The Morgan fingerprint density at radius 3 is 2.16 bits per heavy atom. The van der Waals surface area contributed by atoms with Crippen LogP contribution in [0.2, 0.25) is 0 Å². The van der Waals surface area contributed by atoms with Crippen molar-refractivity contribution in [3.05, 3.63) is 52.2 Å². The van der Waals surface area contributed by atoms with Crippen LogP contribution in [0.5, 0.6) is 0 Å². The van der Waals surface area contributed by atoms with Gasteiger partial charge in [-0.3, -0.25) is 4.98 Å². The highest BCUT2D eigenvalue weighted by Crippen LogP contribution is 2.34. The van der Waals surface area contributed by atoms with Crippen molar-refractivity contribution in [3.63, 3.8) is 0 Å². The summed E-state index contributed by atoms with van der Waals surface area (Å²) in [6.45, 7) is 8.21. The maximum atomic E-state index is 6.24. The van der Waals surface area contributed by atoms with E-state index in [0.717, 1.165) is 29.8 Å². The molecule has 1 atom stereocenters. The van der Waals surface area contributed by atoms with Gasteiger partial charge in [-0.2, -0.15) is 0 Å². The zero-order valence-electron chi connectivity index (χ0n) is 15.4. The van der Waals surface area contributed by atoms with Gasteiger partial charge in [0.25, 0.3) is 0 Å². The van der Waals surface area contributed by atoms with Crippen LogP contribution in [0.3, 0.4) is 0 Å². The topological polar surface area (TPSA) is 12.9 Å². The SMILES string of the molecule is [B]C([B])(Cl)c1c(C)cc(-c2c(CC)cccc2CC)nc1CC(C)Cl. The quantitative estimate of drug-likeness (QED) is 0.513. The summed E-state index contributed by atoms with van der Waals surface area (Å²) in [6.07, 6.45) is 2.45. The Bertz CT molecular complexity index is 730. The maximum Gasteiger partial charge on any atom is 0.0896 e. The standard InChI is InChI=1S/C20H23B2Cl2N/c1-5-14-8-7-9-15(6-2)18(14)16-10-12(3)19(20(21,22)24)17(25-16)11-13(4)23/h7-10,13H,5-6,11H2,1-4H3. The molecular formula is C20H23B2Cl2N. The number of aryl methyl sites for hydroxylation is 3. The third kappa shape index (κ3) is 4.63. The van der Waals surface area contributed by atoms with Crippen molar-refractivity contribution >= 4 is 38.9 Å². The molecule has 1 aromatic carbocycles. The second-order valence-corrected chi connectivity index (χ2v) is 7.93. The van der Waals surface area contributed by atoms with Crippen LogP contribution in [0.25, 0.3) is 11.3 Å². The van der Waals surface area contributed by atoms with E-state index in [9.17, 15) is 0 Å². The number of aromatic nitrogens is 1. The molecule has 0 saturated heterocycles. The van der Waals surface area contributed by atoms with Gasteiger partial charge in [-0.1, -0.05) is 32.0 Å². The molecule has 5 heteroatoms. The molecule has 1 aromatic heterocycles. The lowest BCUT2D eigenvalue weighted by molar-refractivity contribution is 0.864. The predicted molar refractivity (Wildman–Crippen MR) is 111 cm³/mol. The van der Waals surface area contributed by atoms with Crippen LogP contribution in [-0.4, -0.2) is 26.1 Å². The first-order chi connectivity index (χ1) is 11.7. The summed E-state index contributed by atoms with van der Waals surface area (Å²) in [5.74, 6) is 0. The van der Waals surface area contributed by atoms with Crippen molar-refractivity contribution in [2.75, 3.05) is 0 Å². The van der Waals surface area contributed by atoms with Gasteiger partial charge in [0, 0.05) is 23.1 Å². The summed E-state index contributed by atoms with van der Waals surface area (Å²) in [4.78, 5) is 4.90. The van der Waals surface area contributed by atoms with Crippen molar-refractivity contribution in [2.45, 2.75) is 57.0 Å². The van der Waals surface area contributed by atoms with Crippen LogP contribution in [0.15, 0.2) is 24.3 Å². The monoisotopic (exact) mass is 369 g/mol. The van der Waals surface area contributed by atoms with E-state index >= 15 is 0 Å². The molecule has 4 radical (unpaired) electrons. The molecule has 0 amide bonds. The highest BCUT2D eigenvalue weighted by Gasteiger charge is 2.25. The Morgan fingerprint density at radius 1 is 1.16 bits per heavy atom. The van der Waals surface area contributed by atoms with Crippen LogP contribution in [-0.2, 0) is 23.9 Å². The van der Waals surface area contributed by atoms with Gasteiger partial charge in [-0.05, 0) is 59.7 Å². The minimum atomic E-state index is -1.46. The van der Waals surface area contributed by atoms with Crippen LogP contribution in [0.4, 0.5) is 0 Å². The molecule has 0 fully saturated rings. The normalized spacial score (nSPS) is 13.0. The smallest absolute Gasteiger partial charge is 0.0896 e.